The molecule has 158 valence electrons. The predicted molar refractivity (Wildman–Crippen MR) is 108 cm³/mol. The molecule has 0 spiro atoms. The lowest BCUT2D eigenvalue weighted by molar-refractivity contribution is -0.149. The van der Waals surface area contributed by atoms with Crippen LogP contribution in [0, 0.1) is 29.1 Å². The Morgan fingerprint density at radius 1 is 1.41 bits per heavy atom. The Morgan fingerprint density at radius 2 is 2.17 bits per heavy atom. The molecule has 7 atom stereocenters. The average molecular weight is 401 g/mol. The van der Waals surface area contributed by atoms with Gasteiger partial charge in [-0.3, -0.25) is 9.59 Å². The molecule has 2 saturated carbocycles. The summed E-state index contributed by atoms with van der Waals surface area (Å²) in [5.74, 6) is 1.33. The van der Waals surface area contributed by atoms with Crippen LogP contribution in [0.25, 0.3) is 0 Å². The third kappa shape index (κ3) is 3.80. The monoisotopic (exact) mass is 400 g/mol. The summed E-state index contributed by atoms with van der Waals surface area (Å²) >= 11 is 0. The summed E-state index contributed by atoms with van der Waals surface area (Å²) in [4.78, 5) is 35.5. The second-order valence-corrected chi connectivity index (χ2v) is 9.91. The quantitative estimate of drug-likeness (QED) is 0.495. The van der Waals surface area contributed by atoms with Crippen LogP contribution in [-0.4, -0.2) is 29.9 Å². The minimum atomic E-state index is -0.214. The molecule has 1 aliphatic heterocycles. The fraction of sp³-hybridized carbons (Fsp3) is 0.708. The van der Waals surface area contributed by atoms with Crippen LogP contribution in [0.2, 0.25) is 0 Å². The van der Waals surface area contributed by atoms with Crippen LogP contribution in [0.15, 0.2) is 23.8 Å². The van der Waals surface area contributed by atoms with Crippen molar-refractivity contribution < 1.29 is 23.9 Å². The lowest BCUT2D eigenvalue weighted by atomic mass is 9.79. The summed E-state index contributed by atoms with van der Waals surface area (Å²) in [6.45, 7) is 10.1. The van der Waals surface area contributed by atoms with Gasteiger partial charge in [0.05, 0.1) is 12.5 Å². The van der Waals surface area contributed by atoms with Crippen LogP contribution in [0.5, 0.6) is 0 Å². The van der Waals surface area contributed by atoms with Gasteiger partial charge < -0.3 is 9.47 Å². The zero-order chi connectivity index (χ0) is 20.9. The Balaban J connectivity index is 1.23. The van der Waals surface area contributed by atoms with Gasteiger partial charge in [-0.1, -0.05) is 19.1 Å². The number of carbonyl (C=O) groups excluding carboxylic acids is 3. The molecule has 1 saturated heterocycles. The molecule has 0 amide bonds. The molecule has 3 aliphatic carbocycles. The average Bonchev–Trinajstić information content (AvgIpc) is 3.12. The van der Waals surface area contributed by atoms with Gasteiger partial charge in [0.1, 0.15) is 6.10 Å². The van der Waals surface area contributed by atoms with Gasteiger partial charge in [0, 0.05) is 17.9 Å². The van der Waals surface area contributed by atoms with Gasteiger partial charge in [-0.2, -0.15) is 0 Å². The molecule has 0 bridgehead atoms. The Morgan fingerprint density at radius 3 is 2.90 bits per heavy atom. The number of carbonyl (C=O) groups is 3. The van der Waals surface area contributed by atoms with Crippen LogP contribution in [0.3, 0.4) is 0 Å². The third-order valence-corrected chi connectivity index (χ3v) is 8.04. The van der Waals surface area contributed by atoms with Gasteiger partial charge in [-0.25, -0.2) is 4.79 Å². The lowest BCUT2D eigenvalue weighted by Gasteiger charge is -2.27. The summed E-state index contributed by atoms with van der Waals surface area (Å²) in [7, 11) is 0. The van der Waals surface area contributed by atoms with Gasteiger partial charge >= 0.3 is 11.9 Å². The van der Waals surface area contributed by atoms with E-state index in [-0.39, 0.29) is 47.2 Å². The second-order valence-electron chi connectivity index (χ2n) is 9.91. The van der Waals surface area contributed by atoms with Crippen molar-refractivity contribution in [2.24, 2.45) is 29.1 Å². The summed E-state index contributed by atoms with van der Waals surface area (Å²) in [5, 5.41) is 0. The molecule has 0 aromatic rings. The standard InChI is InChI=1S/C24H32O5/c1-13-9-17(25)7-6-16(13)10-22(26)28-14(2)5-8-19-20-11-18-15(3)23(27)29-21(18)12-24(19,20)4/h9,14,16,18-21H,3,5-8,10-12H2,1-2,4H3/t14-,16?,18-,19+,20+,21-,24-/m1/s1. The number of rotatable bonds is 6. The van der Waals surface area contributed by atoms with Crippen LogP contribution in [-0.2, 0) is 23.9 Å². The fourth-order valence-corrected chi connectivity index (χ4v) is 6.09. The molecule has 4 aliphatic rings. The lowest BCUT2D eigenvalue weighted by Crippen LogP contribution is -2.26. The summed E-state index contributed by atoms with van der Waals surface area (Å²) < 4.78 is 11.2. The minimum Gasteiger partial charge on any atom is -0.463 e. The number of allylic oxidation sites excluding steroid dienone is 2. The Kier molecular flexibility index (Phi) is 5.20. The molecule has 3 fully saturated rings. The van der Waals surface area contributed by atoms with Crippen LogP contribution in [0.1, 0.15) is 65.7 Å². The Labute approximate surface area is 172 Å². The molecular weight excluding hydrogens is 368 g/mol. The maximum absolute atomic E-state index is 12.3. The number of hydrogen-bond donors (Lipinski definition) is 0. The smallest absolute Gasteiger partial charge is 0.334 e. The van der Waals surface area contributed by atoms with Gasteiger partial charge in [-0.05, 0) is 75.2 Å². The molecule has 0 aromatic heterocycles. The second kappa shape index (κ2) is 7.41. The van der Waals surface area contributed by atoms with Crippen molar-refractivity contribution in [2.45, 2.75) is 77.9 Å². The van der Waals surface area contributed by atoms with Crippen molar-refractivity contribution in [3.8, 4) is 0 Å². The van der Waals surface area contributed by atoms with Crippen molar-refractivity contribution in [2.75, 3.05) is 0 Å². The molecule has 1 unspecified atom stereocenters. The fourth-order valence-electron chi connectivity index (χ4n) is 6.09. The summed E-state index contributed by atoms with van der Waals surface area (Å²) in [6.07, 6.45) is 7.02. The molecule has 0 N–H and O–H groups in total. The van der Waals surface area contributed by atoms with Crippen LogP contribution < -0.4 is 0 Å². The van der Waals surface area contributed by atoms with E-state index in [0.29, 0.717) is 30.3 Å². The first-order valence-electron chi connectivity index (χ1n) is 11.0. The van der Waals surface area contributed by atoms with Crippen molar-refractivity contribution in [1.82, 2.24) is 0 Å². The van der Waals surface area contributed by atoms with Crippen LogP contribution in [0.4, 0.5) is 0 Å². The van der Waals surface area contributed by atoms with Crippen molar-refractivity contribution in [3.05, 3.63) is 23.8 Å². The zero-order valence-corrected chi connectivity index (χ0v) is 17.7. The molecule has 4 rings (SSSR count). The Hall–Kier alpha value is -1.91. The van der Waals surface area contributed by atoms with E-state index >= 15 is 0 Å². The summed E-state index contributed by atoms with van der Waals surface area (Å²) in [6, 6.07) is 0. The van der Waals surface area contributed by atoms with E-state index < -0.39 is 0 Å². The highest BCUT2D eigenvalue weighted by molar-refractivity contribution is 5.91. The van der Waals surface area contributed by atoms with E-state index in [1.54, 1.807) is 6.08 Å². The number of hydrogen-bond acceptors (Lipinski definition) is 5. The first kappa shape index (κ1) is 20.4. The highest BCUT2D eigenvalue weighted by atomic mass is 16.6. The predicted octanol–water partition coefficient (Wildman–Crippen LogP) is 4.16. The third-order valence-electron chi connectivity index (χ3n) is 8.04. The largest absolute Gasteiger partial charge is 0.463 e. The number of esters is 2. The molecule has 29 heavy (non-hydrogen) atoms. The van der Waals surface area contributed by atoms with Gasteiger partial charge in [-0.15, -0.1) is 0 Å². The van der Waals surface area contributed by atoms with Gasteiger partial charge in [0.25, 0.3) is 0 Å². The molecule has 5 heteroatoms. The van der Waals surface area contributed by atoms with Crippen molar-refractivity contribution in [3.63, 3.8) is 0 Å². The van der Waals surface area contributed by atoms with E-state index in [1.807, 2.05) is 13.8 Å². The van der Waals surface area contributed by atoms with Crippen molar-refractivity contribution in [1.29, 1.82) is 0 Å². The summed E-state index contributed by atoms with van der Waals surface area (Å²) in [5.41, 5.74) is 1.89. The highest BCUT2D eigenvalue weighted by Crippen LogP contribution is 2.70. The zero-order valence-electron chi connectivity index (χ0n) is 17.7. The number of ketones is 1. The molecule has 5 nitrogen and oxygen atoms in total. The van der Waals surface area contributed by atoms with E-state index in [2.05, 4.69) is 13.5 Å². The normalized spacial score (nSPS) is 39.2. The topological polar surface area (TPSA) is 69.7 Å². The first-order valence-corrected chi connectivity index (χ1v) is 11.0. The molecule has 0 aromatic carbocycles. The SMILES string of the molecule is C=C1C(=O)O[C@@H]2C[C@]3(C)[C@@H](CC[C@@H](C)OC(=O)CC4CCC(=O)C=C4C)[C@@H]3C[C@H]12. The Bertz CT molecular complexity index is 780. The van der Waals surface area contributed by atoms with E-state index in [0.717, 1.165) is 37.7 Å². The van der Waals surface area contributed by atoms with Crippen LogP contribution >= 0.6 is 0 Å². The number of ether oxygens (including phenoxy) is 2. The molecular formula is C24H32O5. The maximum atomic E-state index is 12.3. The van der Waals surface area contributed by atoms with Gasteiger partial charge in [0.15, 0.2) is 5.78 Å². The van der Waals surface area contributed by atoms with Crippen molar-refractivity contribution >= 4 is 17.7 Å². The highest BCUT2D eigenvalue weighted by Gasteiger charge is 2.66. The molecule has 0 radical (unpaired) electrons. The van der Waals surface area contributed by atoms with E-state index in [4.69, 9.17) is 9.47 Å². The van der Waals surface area contributed by atoms with E-state index in [1.165, 1.54) is 0 Å². The maximum Gasteiger partial charge on any atom is 0.334 e. The first-order chi connectivity index (χ1) is 13.7. The number of fused-ring (bicyclic) bond motifs is 2. The minimum absolute atomic E-state index is 0.00942. The molecule has 1 heterocycles. The van der Waals surface area contributed by atoms with E-state index in [9.17, 15) is 14.4 Å². The van der Waals surface area contributed by atoms with Gasteiger partial charge in [0.2, 0.25) is 0 Å².